The van der Waals surface area contributed by atoms with E-state index < -0.39 is 47.3 Å². The first-order valence-electron chi connectivity index (χ1n) is 11.3. The van der Waals surface area contributed by atoms with Crippen LogP contribution in [0.25, 0.3) is 0 Å². The molecule has 1 fully saturated rings. The van der Waals surface area contributed by atoms with Gasteiger partial charge in [0.05, 0.1) is 11.1 Å². The molecule has 10 heteroatoms. The van der Waals surface area contributed by atoms with E-state index in [9.17, 15) is 40.6 Å². The minimum absolute atomic E-state index is 0.134. The molecule has 0 radical (unpaired) electrons. The summed E-state index contributed by atoms with van der Waals surface area (Å²) in [6.45, 7) is 5.36. The van der Waals surface area contributed by atoms with Crippen molar-refractivity contribution in [3.05, 3.63) is 82.7 Å². The molecule has 2 aromatic rings. The molecule has 1 aliphatic heterocycles. The first-order valence-corrected chi connectivity index (χ1v) is 11.3. The van der Waals surface area contributed by atoms with Gasteiger partial charge in [-0.05, 0) is 67.2 Å². The number of allylic oxidation sites excluding steroid dienone is 1. The molecule has 0 amide bonds. The first-order chi connectivity index (χ1) is 17.2. The van der Waals surface area contributed by atoms with Crippen LogP contribution < -0.4 is 0 Å². The molecular weight excluding hydrogens is 503 g/mol. The summed E-state index contributed by atoms with van der Waals surface area (Å²) in [5.74, 6) is 3.17. The van der Waals surface area contributed by atoms with Crippen molar-refractivity contribution in [2.45, 2.75) is 50.6 Å². The second-order valence-electron chi connectivity index (χ2n) is 9.05. The van der Waals surface area contributed by atoms with E-state index >= 15 is 0 Å². The second-order valence-corrected chi connectivity index (χ2v) is 9.05. The third kappa shape index (κ3) is 7.13. The molecule has 0 spiro atoms. The van der Waals surface area contributed by atoms with Crippen molar-refractivity contribution < 1.29 is 40.6 Å². The summed E-state index contributed by atoms with van der Waals surface area (Å²) in [6.07, 6.45) is -8.99. The van der Waals surface area contributed by atoms with Gasteiger partial charge in [-0.15, -0.1) is 0 Å². The van der Waals surface area contributed by atoms with Gasteiger partial charge in [-0.25, -0.2) is 4.39 Å². The number of likely N-dealkylation sites (tertiary alicyclic amines) is 1. The number of hydrogen-bond donors (Lipinski definition) is 1. The molecule has 0 unspecified atom stereocenters. The molecule has 3 rings (SSSR count). The molecule has 198 valence electrons. The molecule has 1 saturated heterocycles. The summed E-state index contributed by atoms with van der Waals surface area (Å²) in [4.78, 5) is 12.9. The number of nitrogens with zero attached hydrogens (tertiary/aromatic N) is 1. The number of benzene rings is 2. The lowest BCUT2D eigenvalue weighted by Gasteiger charge is -2.42. The standard InChI is InChI=1S/C27H24F7NO2/c1-16(2)3-10-23(21-15-20(27(32,33)34)8-9-22(21)28)35-12-11-17(14-25(36)37)13-24(35)18-4-6-19(7-5-18)26(29,30)31/h4-9,15,17,23-24H,1,11-14H2,2H3,(H,36,37)/t17-,23+,24+/m1/s1. The van der Waals surface area contributed by atoms with Crippen molar-refractivity contribution in [2.24, 2.45) is 5.92 Å². The summed E-state index contributed by atoms with van der Waals surface area (Å²) in [5.41, 5.74) is -1.53. The minimum Gasteiger partial charge on any atom is -0.481 e. The van der Waals surface area contributed by atoms with Crippen molar-refractivity contribution in [1.29, 1.82) is 0 Å². The smallest absolute Gasteiger partial charge is 0.416 e. The molecule has 1 heterocycles. The van der Waals surface area contributed by atoms with Crippen LogP contribution in [-0.2, 0) is 17.1 Å². The van der Waals surface area contributed by atoms with E-state index in [-0.39, 0.29) is 30.9 Å². The zero-order valence-corrected chi connectivity index (χ0v) is 19.8. The molecule has 37 heavy (non-hydrogen) atoms. The van der Waals surface area contributed by atoms with Crippen LogP contribution in [-0.4, -0.2) is 22.5 Å². The highest BCUT2D eigenvalue weighted by atomic mass is 19.4. The van der Waals surface area contributed by atoms with Gasteiger partial charge in [0, 0.05) is 24.6 Å². The minimum atomic E-state index is -4.74. The lowest BCUT2D eigenvalue weighted by molar-refractivity contribution is -0.139. The van der Waals surface area contributed by atoms with Crippen LogP contribution in [0, 0.1) is 23.6 Å². The maximum absolute atomic E-state index is 15.0. The fourth-order valence-corrected chi connectivity index (χ4v) is 4.48. The van der Waals surface area contributed by atoms with Crippen molar-refractivity contribution in [3.8, 4) is 11.8 Å². The van der Waals surface area contributed by atoms with Gasteiger partial charge in [-0.2, -0.15) is 26.3 Å². The van der Waals surface area contributed by atoms with Crippen LogP contribution in [0.15, 0.2) is 54.6 Å². The zero-order chi connectivity index (χ0) is 27.5. The fraction of sp³-hybridized carbons (Fsp3) is 0.370. The van der Waals surface area contributed by atoms with Gasteiger partial charge in [0.1, 0.15) is 11.9 Å². The molecular formula is C27H24F7NO2. The van der Waals surface area contributed by atoms with Crippen molar-refractivity contribution in [1.82, 2.24) is 4.90 Å². The van der Waals surface area contributed by atoms with E-state index in [1.165, 1.54) is 12.1 Å². The normalized spacial score (nSPS) is 19.6. The van der Waals surface area contributed by atoms with E-state index in [1.54, 1.807) is 11.8 Å². The van der Waals surface area contributed by atoms with Crippen LogP contribution in [0.1, 0.15) is 60.5 Å². The molecule has 3 nitrogen and oxygen atoms in total. The van der Waals surface area contributed by atoms with Gasteiger partial charge >= 0.3 is 18.3 Å². The van der Waals surface area contributed by atoms with Crippen molar-refractivity contribution in [3.63, 3.8) is 0 Å². The van der Waals surface area contributed by atoms with E-state index in [2.05, 4.69) is 18.4 Å². The summed E-state index contributed by atoms with van der Waals surface area (Å²) in [6, 6.07) is 4.34. The number of hydrogen-bond acceptors (Lipinski definition) is 2. The Balaban J connectivity index is 2.13. The van der Waals surface area contributed by atoms with Crippen LogP contribution >= 0.6 is 0 Å². The highest BCUT2D eigenvalue weighted by Crippen LogP contribution is 2.43. The Morgan fingerprint density at radius 3 is 2.22 bits per heavy atom. The quantitative estimate of drug-likeness (QED) is 0.325. The fourth-order valence-electron chi connectivity index (χ4n) is 4.48. The Hall–Kier alpha value is -3.32. The maximum atomic E-state index is 15.0. The Bertz CT molecular complexity index is 1210. The molecule has 0 aromatic heterocycles. The number of piperidine rings is 1. The third-order valence-electron chi connectivity index (χ3n) is 6.21. The Kier molecular flexibility index (Phi) is 8.38. The highest BCUT2D eigenvalue weighted by Gasteiger charge is 2.38. The topological polar surface area (TPSA) is 40.5 Å². The number of carboxylic acid groups (broad SMARTS) is 1. The third-order valence-corrected chi connectivity index (χ3v) is 6.21. The Labute approximate surface area is 209 Å². The second kappa shape index (κ2) is 11.0. The van der Waals surface area contributed by atoms with Crippen molar-refractivity contribution in [2.75, 3.05) is 6.54 Å². The van der Waals surface area contributed by atoms with Crippen molar-refractivity contribution >= 4 is 5.97 Å². The van der Waals surface area contributed by atoms with E-state index in [0.29, 0.717) is 35.8 Å². The lowest BCUT2D eigenvalue weighted by atomic mass is 9.83. The van der Waals surface area contributed by atoms with Crippen LogP contribution in [0.3, 0.4) is 0 Å². The molecule has 1 aliphatic rings. The molecule has 1 N–H and O–H groups in total. The van der Waals surface area contributed by atoms with Gasteiger partial charge in [0.2, 0.25) is 0 Å². The molecule has 3 atom stereocenters. The number of halogens is 7. The van der Waals surface area contributed by atoms with Crippen LogP contribution in [0.5, 0.6) is 0 Å². The summed E-state index contributed by atoms with van der Waals surface area (Å²) in [5, 5.41) is 9.26. The summed E-state index contributed by atoms with van der Waals surface area (Å²) >= 11 is 0. The molecule has 0 aliphatic carbocycles. The summed E-state index contributed by atoms with van der Waals surface area (Å²) < 4.78 is 94.6. The highest BCUT2D eigenvalue weighted by molar-refractivity contribution is 5.67. The van der Waals surface area contributed by atoms with Gasteiger partial charge in [-0.1, -0.05) is 30.6 Å². The van der Waals surface area contributed by atoms with E-state index in [4.69, 9.17) is 0 Å². The van der Waals surface area contributed by atoms with Gasteiger partial charge < -0.3 is 5.11 Å². The SMILES string of the molecule is C=C(C)C#C[C@@H](c1cc(C(F)(F)F)ccc1F)N1CC[C@@H](CC(=O)O)C[C@H]1c1ccc(C(F)(F)F)cc1. The number of alkyl halides is 6. The number of rotatable bonds is 5. The monoisotopic (exact) mass is 527 g/mol. The molecule has 0 saturated carbocycles. The van der Waals surface area contributed by atoms with E-state index in [1.807, 2.05) is 0 Å². The largest absolute Gasteiger partial charge is 0.481 e. The predicted octanol–water partition coefficient (Wildman–Crippen LogP) is 7.41. The average Bonchev–Trinajstić information content (AvgIpc) is 2.79. The summed E-state index contributed by atoms with van der Waals surface area (Å²) in [7, 11) is 0. The number of aliphatic carboxylic acids is 1. The van der Waals surface area contributed by atoms with Gasteiger partial charge in [0.15, 0.2) is 0 Å². The predicted molar refractivity (Wildman–Crippen MR) is 123 cm³/mol. The van der Waals surface area contributed by atoms with Gasteiger partial charge in [-0.3, -0.25) is 9.69 Å². The number of carboxylic acids is 1. The van der Waals surface area contributed by atoms with E-state index in [0.717, 1.165) is 12.1 Å². The lowest BCUT2D eigenvalue weighted by Crippen LogP contribution is -2.40. The Morgan fingerprint density at radius 1 is 1.08 bits per heavy atom. The molecule has 2 aromatic carbocycles. The first kappa shape index (κ1) is 28.3. The zero-order valence-electron chi connectivity index (χ0n) is 19.8. The maximum Gasteiger partial charge on any atom is 0.416 e. The molecule has 0 bridgehead atoms. The number of carbonyl (C=O) groups is 1. The Morgan fingerprint density at radius 2 is 1.68 bits per heavy atom. The van der Waals surface area contributed by atoms with Crippen LogP contribution in [0.2, 0.25) is 0 Å². The van der Waals surface area contributed by atoms with Crippen LogP contribution in [0.4, 0.5) is 30.7 Å². The average molecular weight is 527 g/mol. The van der Waals surface area contributed by atoms with Gasteiger partial charge in [0.25, 0.3) is 0 Å².